The van der Waals surface area contributed by atoms with Gasteiger partial charge >= 0.3 is 0 Å². The van der Waals surface area contributed by atoms with Crippen molar-refractivity contribution < 1.29 is 9.18 Å². The minimum atomic E-state index is -0.475. The number of halogens is 3. The highest BCUT2D eigenvalue weighted by Gasteiger charge is 2.14. The fourth-order valence-corrected chi connectivity index (χ4v) is 3.12. The van der Waals surface area contributed by atoms with Crippen LogP contribution >= 0.6 is 27.5 Å². The van der Waals surface area contributed by atoms with Crippen LogP contribution in [0.4, 0.5) is 10.1 Å². The highest BCUT2D eigenvalue weighted by molar-refractivity contribution is 9.10. The van der Waals surface area contributed by atoms with Gasteiger partial charge in [-0.05, 0) is 59.1 Å². The first-order valence-corrected chi connectivity index (χ1v) is 7.55. The minimum Gasteiger partial charge on any atom is -0.325 e. The Morgan fingerprint density at radius 1 is 1.33 bits per heavy atom. The van der Waals surface area contributed by atoms with Gasteiger partial charge in [0.1, 0.15) is 5.82 Å². The fourth-order valence-electron chi connectivity index (χ4n) is 2.12. The number of amides is 1. The molecule has 0 bridgehead atoms. The average molecular weight is 371 g/mol. The number of rotatable bonds is 3. The fraction of sp³-hybridized carbons (Fsp3) is 0.188. The number of carbonyl (C=O) groups excluding carboxylic acids is 1. The van der Waals surface area contributed by atoms with Crippen LogP contribution in [0.1, 0.15) is 16.7 Å². The number of hydrogen-bond donors (Lipinski definition) is 1. The Hall–Kier alpha value is -1.39. The van der Waals surface area contributed by atoms with E-state index in [-0.39, 0.29) is 22.9 Å². The topological polar surface area (TPSA) is 29.1 Å². The Bertz CT molecular complexity index is 659. The predicted octanol–water partition coefficient (Wildman–Crippen LogP) is 5.04. The van der Waals surface area contributed by atoms with E-state index in [1.165, 1.54) is 12.1 Å². The zero-order valence-electron chi connectivity index (χ0n) is 11.6. The maximum Gasteiger partial charge on any atom is 0.228 e. The van der Waals surface area contributed by atoms with Gasteiger partial charge in [-0.15, -0.1) is 0 Å². The van der Waals surface area contributed by atoms with E-state index in [0.29, 0.717) is 5.69 Å². The van der Waals surface area contributed by atoms with Gasteiger partial charge in [0.2, 0.25) is 5.91 Å². The normalized spacial score (nSPS) is 10.5. The van der Waals surface area contributed by atoms with E-state index in [4.69, 9.17) is 11.6 Å². The summed E-state index contributed by atoms with van der Waals surface area (Å²) < 4.78 is 14.5. The maximum atomic E-state index is 13.7. The lowest BCUT2D eigenvalue weighted by Crippen LogP contribution is -2.16. The van der Waals surface area contributed by atoms with E-state index in [1.54, 1.807) is 6.07 Å². The van der Waals surface area contributed by atoms with Gasteiger partial charge in [0.05, 0.1) is 12.1 Å². The van der Waals surface area contributed by atoms with Gasteiger partial charge in [0, 0.05) is 15.1 Å². The molecule has 0 spiro atoms. The molecule has 110 valence electrons. The van der Waals surface area contributed by atoms with Gasteiger partial charge in [0.15, 0.2) is 0 Å². The van der Waals surface area contributed by atoms with Crippen molar-refractivity contribution in [3.8, 4) is 0 Å². The van der Waals surface area contributed by atoms with Gasteiger partial charge in [-0.2, -0.15) is 0 Å². The average Bonchev–Trinajstić information content (AvgIpc) is 2.38. The number of carbonyl (C=O) groups is 1. The SMILES string of the molecule is Cc1cc(C)c(NC(=O)Cc2c(F)cccc2Cl)c(Br)c1. The molecule has 0 aliphatic rings. The smallest absolute Gasteiger partial charge is 0.228 e. The number of hydrogen-bond acceptors (Lipinski definition) is 1. The van der Waals surface area contributed by atoms with Crippen LogP contribution in [0, 0.1) is 19.7 Å². The van der Waals surface area contributed by atoms with Crippen molar-refractivity contribution in [1.82, 2.24) is 0 Å². The van der Waals surface area contributed by atoms with Crippen molar-refractivity contribution >= 4 is 39.1 Å². The predicted molar refractivity (Wildman–Crippen MR) is 87.4 cm³/mol. The second-order valence-corrected chi connectivity index (χ2v) is 6.13. The van der Waals surface area contributed by atoms with Crippen molar-refractivity contribution in [2.75, 3.05) is 5.32 Å². The largest absolute Gasteiger partial charge is 0.325 e. The van der Waals surface area contributed by atoms with E-state index >= 15 is 0 Å². The second-order valence-electron chi connectivity index (χ2n) is 4.86. The third-order valence-electron chi connectivity index (χ3n) is 3.10. The summed E-state index contributed by atoms with van der Waals surface area (Å²) in [5.41, 5.74) is 2.93. The lowest BCUT2D eigenvalue weighted by molar-refractivity contribution is -0.115. The Labute approximate surface area is 136 Å². The molecule has 0 unspecified atom stereocenters. The highest BCUT2D eigenvalue weighted by Crippen LogP contribution is 2.28. The van der Waals surface area contributed by atoms with Crippen LogP contribution < -0.4 is 5.32 Å². The molecule has 0 saturated heterocycles. The third kappa shape index (κ3) is 3.83. The van der Waals surface area contributed by atoms with E-state index in [2.05, 4.69) is 21.2 Å². The molecular weight excluding hydrogens is 357 g/mol. The molecule has 0 fully saturated rings. The van der Waals surface area contributed by atoms with Crippen molar-refractivity contribution in [3.05, 3.63) is 62.3 Å². The summed E-state index contributed by atoms with van der Waals surface area (Å²) in [4.78, 5) is 12.1. The summed E-state index contributed by atoms with van der Waals surface area (Å²) in [5.74, 6) is -0.785. The summed E-state index contributed by atoms with van der Waals surface area (Å²) in [6.45, 7) is 3.88. The molecule has 2 nitrogen and oxygen atoms in total. The van der Waals surface area contributed by atoms with Gasteiger partial charge in [-0.1, -0.05) is 23.7 Å². The van der Waals surface area contributed by atoms with Crippen LogP contribution in [0.15, 0.2) is 34.8 Å². The molecule has 2 rings (SSSR count). The molecule has 1 amide bonds. The number of anilines is 1. The monoisotopic (exact) mass is 369 g/mol. The summed E-state index contributed by atoms with van der Waals surface area (Å²) >= 11 is 9.36. The van der Waals surface area contributed by atoms with Crippen LogP contribution in [0.2, 0.25) is 5.02 Å². The van der Waals surface area contributed by atoms with Crippen LogP contribution in [-0.4, -0.2) is 5.91 Å². The lowest BCUT2D eigenvalue weighted by atomic mass is 10.1. The molecule has 5 heteroatoms. The number of aryl methyl sites for hydroxylation is 2. The number of nitrogens with one attached hydrogen (secondary N) is 1. The van der Waals surface area contributed by atoms with E-state index in [1.807, 2.05) is 26.0 Å². The van der Waals surface area contributed by atoms with Crippen LogP contribution in [-0.2, 0) is 11.2 Å². The third-order valence-corrected chi connectivity index (χ3v) is 4.07. The first kappa shape index (κ1) is 16.0. The maximum absolute atomic E-state index is 13.7. The second kappa shape index (κ2) is 6.58. The molecule has 0 aliphatic carbocycles. The number of benzene rings is 2. The lowest BCUT2D eigenvalue weighted by Gasteiger charge is -2.12. The molecule has 0 heterocycles. The quantitative estimate of drug-likeness (QED) is 0.806. The Morgan fingerprint density at radius 3 is 2.67 bits per heavy atom. The van der Waals surface area contributed by atoms with Gasteiger partial charge in [-0.3, -0.25) is 4.79 Å². The first-order chi connectivity index (χ1) is 9.88. The van der Waals surface area contributed by atoms with E-state index in [9.17, 15) is 9.18 Å². The highest BCUT2D eigenvalue weighted by atomic mass is 79.9. The molecule has 1 N–H and O–H groups in total. The molecule has 0 radical (unpaired) electrons. The van der Waals surface area contributed by atoms with E-state index in [0.717, 1.165) is 15.6 Å². The van der Waals surface area contributed by atoms with E-state index < -0.39 is 5.82 Å². The van der Waals surface area contributed by atoms with Crippen molar-refractivity contribution in [1.29, 1.82) is 0 Å². The van der Waals surface area contributed by atoms with Gasteiger partial charge < -0.3 is 5.32 Å². The summed E-state index contributed by atoms with van der Waals surface area (Å²) in [6, 6.07) is 8.26. The molecule has 0 atom stereocenters. The van der Waals surface area contributed by atoms with Gasteiger partial charge in [-0.25, -0.2) is 4.39 Å². The van der Waals surface area contributed by atoms with Crippen LogP contribution in [0.25, 0.3) is 0 Å². The molecule has 21 heavy (non-hydrogen) atoms. The molecule has 2 aromatic rings. The molecule has 0 aliphatic heterocycles. The molecular formula is C16H14BrClFNO. The summed E-state index contributed by atoms with van der Waals surface area (Å²) in [6.07, 6.45) is -0.106. The van der Waals surface area contributed by atoms with Crippen molar-refractivity contribution in [2.24, 2.45) is 0 Å². The van der Waals surface area contributed by atoms with Gasteiger partial charge in [0.25, 0.3) is 0 Å². The van der Waals surface area contributed by atoms with Crippen LogP contribution in [0.3, 0.4) is 0 Å². The zero-order chi connectivity index (χ0) is 15.6. The molecule has 0 saturated carbocycles. The Kier molecular flexibility index (Phi) is 5.01. The van der Waals surface area contributed by atoms with Crippen molar-refractivity contribution in [3.63, 3.8) is 0 Å². The summed E-state index contributed by atoms with van der Waals surface area (Å²) in [5, 5.41) is 3.05. The summed E-state index contributed by atoms with van der Waals surface area (Å²) in [7, 11) is 0. The molecule has 2 aromatic carbocycles. The van der Waals surface area contributed by atoms with Crippen LogP contribution in [0.5, 0.6) is 0 Å². The Morgan fingerprint density at radius 2 is 2.05 bits per heavy atom. The zero-order valence-corrected chi connectivity index (χ0v) is 14.0. The minimum absolute atomic E-state index is 0.106. The standard InChI is InChI=1S/C16H14BrClFNO/c1-9-6-10(2)16(12(17)7-9)20-15(21)8-11-13(18)4-3-5-14(11)19/h3-7H,8H2,1-2H3,(H,20,21). The first-order valence-electron chi connectivity index (χ1n) is 6.38. The van der Waals surface area contributed by atoms with Crippen molar-refractivity contribution in [2.45, 2.75) is 20.3 Å². The molecule has 0 aromatic heterocycles. The Balaban J connectivity index is 2.20.